The zero-order valence-corrected chi connectivity index (χ0v) is 14.8. The Morgan fingerprint density at radius 1 is 1.62 bits per heavy atom. The molecule has 8 heteroatoms. The molecule has 1 saturated heterocycles. The largest absolute Gasteiger partial charge is 0.469 e. The maximum absolute atomic E-state index is 11.7. The minimum atomic E-state index is -0.149. The number of carbonyl (C=O) groups excluding carboxylic acids is 1. The molecule has 0 spiro atoms. The van der Waals surface area contributed by atoms with Crippen LogP contribution in [0.4, 0.5) is 0 Å². The third kappa shape index (κ3) is 4.32. The van der Waals surface area contributed by atoms with Crippen molar-refractivity contribution in [3.8, 4) is 0 Å². The second-order valence-corrected chi connectivity index (χ2v) is 4.99. The Balaban J connectivity index is 0.00000220. The van der Waals surface area contributed by atoms with Gasteiger partial charge in [-0.25, -0.2) is 0 Å². The van der Waals surface area contributed by atoms with E-state index in [1.54, 1.807) is 13.2 Å². The quantitative estimate of drug-likeness (QED) is 0.336. The molecule has 2 heterocycles. The van der Waals surface area contributed by atoms with Gasteiger partial charge in [0.25, 0.3) is 0 Å². The number of methoxy groups -OCH3 is 1. The van der Waals surface area contributed by atoms with Crippen LogP contribution in [0.25, 0.3) is 0 Å². The SMILES string of the molecule is CN=C(NCc1ccn[nH]1)N1CC(C)C(C(=O)OC)C1.I. The van der Waals surface area contributed by atoms with Gasteiger partial charge in [-0.05, 0) is 12.0 Å². The molecule has 0 radical (unpaired) electrons. The van der Waals surface area contributed by atoms with Crippen molar-refractivity contribution >= 4 is 35.9 Å². The highest BCUT2D eigenvalue weighted by Gasteiger charge is 2.36. The Bertz CT molecular complexity index is 477. The maximum Gasteiger partial charge on any atom is 0.310 e. The Morgan fingerprint density at radius 3 is 2.95 bits per heavy atom. The Labute approximate surface area is 141 Å². The van der Waals surface area contributed by atoms with E-state index in [1.807, 2.05) is 6.07 Å². The molecule has 0 bridgehead atoms. The van der Waals surface area contributed by atoms with Crippen molar-refractivity contribution < 1.29 is 9.53 Å². The summed E-state index contributed by atoms with van der Waals surface area (Å²) in [7, 11) is 3.18. The van der Waals surface area contributed by atoms with Gasteiger partial charge in [-0.3, -0.25) is 14.9 Å². The van der Waals surface area contributed by atoms with E-state index in [0.717, 1.165) is 18.2 Å². The first kappa shape index (κ1) is 17.7. The van der Waals surface area contributed by atoms with Gasteiger partial charge in [0.05, 0.1) is 25.3 Å². The molecule has 0 amide bonds. The van der Waals surface area contributed by atoms with Crippen LogP contribution < -0.4 is 5.32 Å². The molecule has 0 saturated carbocycles. The van der Waals surface area contributed by atoms with Crippen LogP contribution in [0.1, 0.15) is 12.6 Å². The summed E-state index contributed by atoms with van der Waals surface area (Å²) in [5.41, 5.74) is 0.989. The van der Waals surface area contributed by atoms with E-state index in [9.17, 15) is 4.79 Å². The lowest BCUT2D eigenvalue weighted by atomic mass is 9.99. The van der Waals surface area contributed by atoms with Crippen LogP contribution in [0.15, 0.2) is 17.3 Å². The standard InChI is InChI=1S/C13H21N5O2.HI/c1-9-7-18(8-11(9)12(19)20-3)13(14-2)15-6-10-4-5-16-17-10;/h4-5,9,11H,6-8H2,1-3H3,(H,14,15)(H,16,17);1H. The van der Waals surface area contributed by atoms with Crippen LogP contribution in [0.2, 0.25) is 0 Å². The third-order valence-corrected chi connectivity index (χ3v) is 3.62. The average molecular weight is 407 g/mol. The number of nitrogens with zero attached hydrogens (tertiary/aromatic N) is 3. The topological polar surface area (TPSA) is 82.6 Å². The van der Waals surface area contributed by atoms with Crippen LogP contribution in [0, 0.1) is 11.8 Å². The highest BCUT2D eigenvalue weighted by molar-refractivity contribution is 14.0. The summed E-state index contributed by atoms with van der Waals surface area (Å²) in [4.78, 5) is 18.1. The predicted molar refractivity (Wildman–Crippen MR) is 90.4 cm³/mol. The zero-order chi connectivity index (χ0) is 14.5. The molecule has 7 nitrogen and oxygen atoms in total. The number of aliphatic imine (C=N–C) groups is 1. The molecule has 1 aromatic heterocycles. The molecular weight excluding hydrogens is 385 g/mol. The van der Waals surface area contributed by atoms with Gasteiger partial charge >= 0.3 is 5.97 Å². The fraction of sp³-hybridized carbons (Fsp3) is 0.615. The van der Waals surface area contributed by atoms with Crippen molar-refractivity contribution in [2.45, 2.75) is 13.5 Å². The molecule has 2 unspecified atom stereocenters. The average Bonchev–Trinajstić information content (AvgIpc) is 3.08. The summed E-state index contributed by atoms with van der Waals surface area (Å²) in [6.45, 7) is 4.11. The Hall–Kier alpha value is -1.32. The van der Waals surface area contributed by atoms with E-state index in [1.165, 1.54) is 7.11 Å². The number of halogens is 1. The fourth-order valence-corrected chi connectivity index (χ4v) is 2.49. The van der Waals surface area contributed by atoms with Crippen molar-refractivity contribution in [3.05, 3.63) is 18.0 Å². The molecule has 0 aromatic carbocycles. The summed E-state index contributed by atoms with van der Waals surface area (Å²) in [6.07, 6.45) is 1.71. The minimum absolute atomic E-state index is 0. The first-order chi connectivity index (χ1) is 9.65. The number of ether oxygens (including phenoxy) is 1. The summed E-state index contributed by atoms with van der Waals surface area (Å²) in [5, 5.41) is 10.1. The molecule has 2 rings (SSSR count). The molecule has 0 aliphatic carbocycles. The van der Waals surface area contributed by atoms with Gasteiger partial charge in [-0.2, -0.15) is 5.10 Å². The van der Waals surface area contributed by atoms with E-state index in [2.05, 4.69) is 32.3 Å². The molecular formula is C13H22IN5O2. The van der Waals surface area contributed by atoms with Crippen molar-refractivity contribution in [3.63, 3.8) is 0 Å². The number of guanidine groups is 1. The van der Waals surface area contributed by atoms with Gasteiger partial charge in [0.1, 0.15) is 0 Å². The molecule has 1 aliphatic heterocycles. The van der Waals surface area contributed by atoms with E-state index in [4.69, 9.17) is 4.74 Å². The number of aromatic nitrogens is 2. The van der Waals surface area contributed by atoms with Gasteiger partial charge in [-0.1, -0.05) is 6.92 Å². The van der Waals surface area contributed by atoms with Crippen molar-refractivity contribution in [1.29, 1.82) is 0 Å². The first-order valence-electron chi connectivity index (χ1n) is 6.67. The molecule has 1 aliphatic rings. The third-order valence-electron chi connectivity index (χ3n) is 3.62. The van der Waals surface area contributed by atoms with Gasteiger partial charge in [0.2, 0.25) is 0 Å². The molecule has 2 N–H and O–H groups in total. The number of nitrogens with one attached hydrogen (secondary N) is 2. The maximum atomic E-state index is 11.7. The van der Waals surface area contributed by atoms with Gasteiger partial charge in [0, 0.05) is 26.3 Å². The number of rotatable bonds is 3. The number of hydrogen-bond acceptors (Lipinski definition) is 4. The highest BCUT2D eigenvalue weighted by Crippen LogP contribution is 2.24. The monoisotopic (exact) mass is 407 g/mol. The van der Waals surface area contributed by atoms with E-state index in [0.29, 0.717) is 13.1 Å². The summed E-state index contributed by atoms with van der Waals surface area (Å²) >= 11 is 0. The lowest BCUT2D eigenvalue weighted by Crippen LogP contribution is -2.40. The highest BCUT2D eigenvalue weighted by atomic mass is 127. The molecule has 21 heavy (non-hydrogen) atoms. The number of likely N-dealkylation sites (tertiary alicyclic amines) is 1. The number of aromatic amines is 1. The summed E-state index contributed by atoms with van der Waals surface area (Å²) in [5.74, 6) is 0.806. The van der Waals surface area contributed by atoms with E-state index >= 15 is 0 Å². The van der Waals surface area contributed by atoms with Crippen molar-refractivity contribution in [2.24, 2.45) is 16.8 Å². The predicted octanol–water partition coefficient (Wildman–Crippen LogP) is 0.844. The lowest BCUT2D eigenvalue weighted by Gasteiger charge is -2.21. The number of hydrogen-bond donors (Lipinski definition) is 2. The van der Waals surface area contributed by atoms with Crippen LogP contribution in [0.5, 0.6) is 0 Å². The molecule has 1 fully saturated rings. The summed E-state index contributed by atoms with van der Waals surface area (Å²) in [6, 6.07) is 1.91. The van der Waals surface area contributed by atoms with Crippen LogP contribution in [0.3, 0.4) is 0 Å². The van der Waals surface area contributed by atoms with Crippen molar-refractivity contribution in [2.75, 3.05) is 27.2 Å². The van der Waals surface area contributed by atoms with Gasteiger partial charge in [0.15, 0.2) is 5.96 Å². The number of esters is 1. The van der Waals surface area contributed by atoms with Crippen LogP contribution >= 0.6 is 24.0 Å². The van der Waals surface area contributed by atoms with Crippen LogP contribution in [-0.4, -0.2) is 54.3 Å². The van der Waals surface area contributed by atoms with E-state index < -0.39 is 0 Å². The Kier molecular flexibility index (Phi) is 6.93. The van der Waals surface area contributed by atoms with E-state index in [-0.39, 0.29) is 41.8 Å². The second-order valence-electron chi connectivity index (χ2n) is 4.99. The fourth-order valence-electron chi connectivity index (χ4n) is 2.49. The summed E-state index contributed by atoms with van der Waals surface area (Å²) < 4.78 is 4.85. The molecule has 118 valence electrons. The lowest BCUT2D eigenvalue weighted by molar-refractivity contribution is -0.145. The first-order valence-corrected chi connectivity index (χ1v) is 6.67. The number of H-pyrrole nitrogens is 1. The Morgan fingerprint density at radius 2 is 2.38 bits per heavy atom. The molecule has 1 aromatic rings. The zero-order valence-electron chi connectivity index (χ0n) is 12.5. The second kappa shape index (κ2) is 8.20. The smallest absolute Gasteiger partial charge is 0.310 e. The normalized spacial score (nSPS) is 21.9. The van der Waals surface area contributed by atoms with Crippen LogP contribution in [-0.2, 0) is 16.1 Å². The number of carbonyl (C=O) groups is 1. The molecule has 2 atom stereocenters. The van der Waals surface area contributed by atoms with Gasteiger partial charge in [-0.15, -0.1) is 24.0 Å². The van der Waals surface area contributed by atoms with Crippen molar-refractivity contribution in [1.82, 2.24) is 20.4 Å². The van der Waals surface area contributed by atoms with Gasteiger partial charge < -0.3 is 15.0 Å². The minimum Gasteiger partial charge on any atom is -0.469 e.